The van der Waals surface area contributed by atoms with Gasteiger partial charge in [0.2, 0.25) is 5.91 Å². The molecule has 25 heavy (non-hydrogen) atoms. The first-order chi connectivity index (χ1) is 12.1. The molecule has 3 aliphatic rings. The van der Waals surface area contributed by atoms with Crippen LogP contribution in [0, 0.1) is 17.8 Å². The van der Waals surface area contributed by atoms with Gasteiger partial charge in [-0.15, -0.1) is 0 Å². The van der Waals surface area contributed by atoms with Gasteiger partial charge < -0.3 is 15.3 Å². The van der Waals surface area contributed by atoms with E-state index in [0.29, 0.717) is 17.8 Å². The number of aliphatic hydroxyl groups excluding tert-OH is 1. The Kier molecular flexibility index (Phi) is 4.46. The molecule has 1 aromatic heterocycles. The molecule has 2 amide bonds. The van der Waals surface area contributed by atoms with E-state index in [0.717, 1.165) is 37.6 Å². The quantitative estimate of drug-likeness (QED) is 0.845. The Labute approximate surface area is 147 Å². The van der Waals surface area contributed by atoms with Crippen LogP contribution in [-0.2, 0) is 11.4 Å². The van der Waals surface area contributed by atoms with Crippen LogP contribution in [0.3, 0.4) is 0 Å². The predicted octanol–water partition coefficient (Wildman–Crippen LogP) is 1.34. The number of likely N-dealkylation sites (tertiary alicyclic amines) is 1. The summed E-state index contributed by atoms with van der Waals surface area (Å²) >= 11 is 0. The van der Waals surface area contributed by atoms with E-state index < -0.39 is 0 Å². The Morgan fingerprint density at radius 2 is 2.04 bits per heavy atom. The molecule has 3 fully saturated rings. The maximum Gasteiger partial charge on any atom is 0.251 e. The minimum absolute atomic E-state index is 0.00139. The average Bonchev–Trinajstić information content (AvgIpc) is 3.31. The summed E-state index contributed by atoms with van der Waals surface area (Å²) in [6.45, 7) is 1.15. The lowest BCUT2D eigenvalue weighted by molar-refractivity contribution is -0.139. The molecule has 1 aromatic rings. The van der Waals surface area contributed by atoms with Gasteiger partial charge in [-0.25, -0.2) is 0 Å². The molecule has 0 radical (unpaired) electrons. The highest BCUT2D eigenvalue weighted by Crippen LogP contribution is 2.50. The molecule has 2 saturated carbocycles. The molecule has 2 N–H and O–H groups in total. The summed E-state index contributed by atoms with van der Waals surface area (Å²) in [7, 11) is 0. The first kappa shape index (κ1) is 16.5. The van der Waals surface area contributed by atoms with Crippen LogP contribution >= 0.6 is 0 Å². The maximum absolute atomic E-state index is 12.6. The van der Waals surface area contributed by atoms with Crippen LogP contribution in [0.25, 0.3) is 0 Å². The second-order valence-corrected chi connectivity index (χ2v) is 7.70. The van der Waals surface area contributed by atoms with Crippen LogP contribution in [0.15, 0.2) is 18.3 Å². The summed E-state index contributed by atoms with van der Waals surface area (Å²) in [6, 6.07) is 3.24. The first-order valence-corrected chi connectivity index (χ1v) is 9.29. The molecule has 0 aromatic carbocycles. The molecule has 2 aliphatic carbocycles. The van der Waals surface area contributed by atoms with Crippen LogP contribution < -0.4 is 5.32 Å². The van der Waals surface area contributed by atoms with Gasteiger partial charge in [0.25, 0.3) is 5.91 Å². The standard InChI is InChI=1S/C19H25N3O3/c23-11-17-9-13(3-5-20-17)18(24)21-16-4-6-22(10-16)19(25)15-7-14(8-15)12-1-2-12/h3,5,9,12,14-16,23H,1-2,4,6-8,10-11H2,(H,21,24)/t14?,15?,16-/m1/s1. The van der Waals surface area contributed by atoms with Gasteiger partial charge in [0.15, 0.2) is 0 Å². The van der Waals surface area contributed by atoms with Gasteiger partial charge in [0, 0.05) is 36.8 Å². The second kappa shape index (κ2) is 6.75. The minimum Gasteiger partial charge on any atom is -0.390 e. The number of pyridine rings is 1. The minimum atomic E-state index is -0.184. The molecular weight excluding hydrogens is 318 g/mol. The Morgan fingerprint density at radius 3 is 2.76 bits per heavy atom. The molecule has 0 unspecified atom stereocenters. The molecule has 6 heteroatoms. The summed E-state index contributed by atoms with van der Waals surface area (Å²) < 4.78 is 0. The summed E-state index contributed by atoms with van der Waals surface area (Å²) in [5, 5.41) is 12.1. The largest absolute Gasteiger partial charge is 0.390 e. The molecule has 1 atom stereocenters. The van der Waals surface area contributed by atoms with Gasteiger partial charge in [0.1, 0.15) is 0 Å². The normalized spacial score (nSPS) is 28.5. The van der Waals surface area contributed by atoms with Crippen molar-refractivity contribution in [2.75, 3.05) is 13.1 Å². The first-order valence-electron chi connectivity index (χ1n) is 9.29. The van der Waals surface area contributed by atoms with Crippen LogP contribution in [0.2, 0.25) is 0 Å². The Hall–Kier alpha value is -1.95. The van der Waals surface area contributed by atoms with Crippen LogP contribution in [0.4, 0.5) is 0 Å². The molecule has 1 aliphatic heterocycles. The SMILES string of the molecule is O=C(N[C@@H]1CCN(C(=O)C2CC(C3CC3)C2)C1)c1ccnc(CO)c1. The van der Waals surface area contributed by atoms with Gasteiger partial charge in [-0.05, 0) is 56.1 Å². The number of amides is 2. The van der Waals surface area contributed by atoms with Gasteiger partial charge in [-0.3, -0.25) is 14.6 Å². The van der Waals surface area contributed by atoms with Gasteiger partial charge in [-0.2, -0.15) is 0 Å². The number of hydrogen-bond acceptors (Lipinski definition) is 4. The molecule has 2 heterocycles. The highest BCUT2D eigenvalue weighted by atomic mass is 16.3. The number of carbonyl (C=O) groups is 2. The Bertz CT molecular complexity index is 668. The third kappa shape index (κ3) is 3.54. The number of aliphatic hydroxyl groups is 1. The number of nitrogens with one attached hydrogen (secondary N) is 1. The van der Waals surface area contributed by atoms with Crippen molar-refractivity contribution in [3.05, 3.63) is 29.6 Å². The zero-order valence-electron chi connectivity index (χ0n) is 14.4. The van der Waals surface area contributed by atoms with E-state index in [4.69, 9.17) is 5.11 Å². The van der Waals surface area contributed by atoms with Crippen molar-refractivity contribution in [3.8, 4) is 0 Å². The van der Waals surface area contributed by atoms with Crippen LogP contribution in [0.1, 0.15) is 48.2 Å². The number of aromatic nitrogens is 1. The topological polar surface area (TPSA) is 82.5 Å². The molecular formula is C19H25N3O3. The molecule has 6 nitrogen and oxygen atoms in total. The van der Waals surface area contributed by atoms with Gasteiger partial charge >= 0.3 is 0 Å². The van der Waals surface area contributed by atoms with Crippen molar-refractivity contribution in [1.82, 2.24) is 15.2 Å². The van der Waals surface area contributed by atoms with E-state index in [9.17, 15) is 9.59 Å². The fourth-order valence-corrected chi connectivity index (χ4v) is 4.13. The van der Waals surface area contributed by atoms with E-state index in [1.54, 1.807) is 12.1 Å². The van der Waals surface area contributed by atoms with Crippen molar-refractivity contribution in [3.63, 3.8) is 0 Å². The smallest absolute Gasteiger partial charge is 0.251 e. The van der Waals surface area contributed by atoms with E-state index in [2.05, 4.69) is 10.3 Å². The lowest BCUT2D eigenvalue weighted by Gasteiger charge is -2.36. The third-order valence-corrected chi connectivity index (χ3v) is 5.89. The number of hydrogen-bond donors (Lipinski definition) is 2. The monoisotopic (exact) mass is 343 g/mol. The van der Waals surface area contributed by atoms with Gasteiger partial charge in [-0.1, -0.05) is 0 Å². The van der Waals surface area contributed by atoms with Gasteiger partial charge in [0.05, 0.1) is 12.3 Å². The highest BCUT2D eigenvalue weighted by molar-refractivity contribution is 5.94. The zero-order chi connectivity index (χ0) is 17.4. The second-order valence-electron chi connectivity index (χ2n) is 7.70. The van der Waals surface area contributed by atoms with E-state index in [1.807, 2.05) is 4.90 Å². The van der Waals surface area contributed by atoms with E-state index in [-0.39, 0.29) is 30.4 Å². The van der Waals surface area contributed by atoms with E-state index >= 15 is 0 Å². The molecule has 134 valence electrons. The molecule has 0 bridgehead atoms. The predicted molar refractivity (Wildman–Crippen MR) is 91.5 cm³/mol. The zero-order valence-corrected chi connectivity index (χ0v) is 14.4. The summed E-state index contributed by atoms with van der Waals surface area (Å²) in [4.78, 5) is 30.8. The fourth-order valence-electron chi connectivity index (χ4n) is 4.13. The molecule has 4 rings (SSSR count). The van der Waals surface area contributed by atoms with Crippen molar-refractivity contribution in [2.24, 2.45) is 17.8 Å². The number of carbonyl (C=O) groups excluding carboxylic acids is 2. The van der Waals surface area contributed by atoms with Crippen molar-refractivity contribution in [1.29, 1.82) is 0 Å². The lowest BCUT2D eigenvalue weighted by Crippen LogP contribution is -2.43. The highest BCUT2D eigenvalue weighted by Gasteiger charge is 2.44. The fraction of sp³-hybridized carbons (Fsp3) is 0.632. The lowest BCUT2D eigenvalue weighted by atomic mass is 9.71. The summed E-state index contributed by atoms with van der Waals surface area (Å²) in [5.41, 5.74) is 0.973. The molecule has 0 spiro atoms. The number of rotatable bonds is 5. The Morgan fingerprint density at radius 1 is 1.24 bits per heavy atom. The summed E-state index contributed by atoms with van der Waals surface area (Å²) in [6.07, 6.45) is 7.18. The third-order valence-electron chi connectivity index (χ3n) is 5.89. The van der Waals surface area contributed by atoms with Crippen molar-refractivity contribution >= 4 is 11.8 Å². The van der Waals surface area contributed by atoms with Crippen LogP contribution in [0.5, 0.6) is 0 Å². The van der Waals surface area contributed by atoms with Crippen molar-refractivity contribution < 1.29 is 14.7 Å². The van der Waals surface area contributed by atoms with Crippen LogP contribution in [-0.4, -0.2) is 45.9 Å². The Balaban J connectivity index is 1.27. The van der Waals surface area contributed by atoms with Crippen molar-refractivity contribution in [2.45, 2.75) is 44.8 Å². The summed E-state index contributed by atoms with van der Waals surface area (Å²) in [5.74, 6) is 2.01. The maximum atomic E-state index is 12.6. The number of nitrogens with zero attached hydrogens (tertiary/aromatic N) is 2. The van der Waals surface area contributed by atoms with E-state index in [1.165, 1.54) is 19.0 Å². The average molecular weight is 343 g/mol. The molecule has 1 saturated heterocycles.